The van der Waals surface area contributed by atoms with Crippen LogP contribution >= 0.6 is 0 Å². The van der Waals surface area contributed by atoms with E-state index in [9.17, 15) is 9.59 Å². The van der Waals surface area contributed by atoms with Gasteiger partial charge in [-0.1, -0.05) is 36.4 Å². The molecule has 0 aliphatic carbocycles. The summed E-state index contributed by atoms with van der Waals surface area (Å²) in [6.07, 6.45) is -0.704. The maximum atomic E-state index is 12.7. The average molecular weight is 379 g/mol. The number of fused-ring (bicyclic) bond motifs is 1. The Morgan fingerprint density at radius 2 is 1.79 bits per heavy atom. The maximum absolute atomic E-state index is 12.7. The van der Waals surface area contributed by atoms with Gasteiger partial charge in [0.05, 0.1) is 12.1 Å². The first kappa shape index (κ1) is 18.5. The monoisotopic (exact) mass is 379 g/mol. The number of rotatable bonds is 4. The molecule has 28 heavy (non-hydrogen) atoms. The predicted octanol–water partition coefficient (Wildman–Crippen LogP) is 2.43. The van der Waals surface area contributed by atoms with E-state index in [0.717, 1.165) is 19.6 Å². The summed E-state index contributed by atoms with van der Waals surface area (Å²) in [6.45, 7) is 6.05. The van der Waals surface area contributed by atoms with Crippen molar-refractivity contribution in [2.75, 3.05) is 31.5 Å². The van der Waals surface area contributed by atoms with Crippen LogP contribution in [0.4, 0.5) is 5.69 Å². The Hall–Kier alpha value is -2.86. The van der Waals surface area contributed by atoms with Crippen molar-refractivity contribution in [3.63, 3.8) is 0 Å². The molecule has 0 saturated carbocycles. The number of hydrogen-bond donors (Lipinski definition) is 1. The first-order valence-corrected chi connectivity index (χ1v) is 9.71. The van der Waals surface area contributed by atoms with Gasteiger partial charge in [0.25, 0.3) is 5.91 Å². The third-order valence-electron chi connectivity index (χ3n) is 5.45. The van der Waals surface area contributed by atoms with Crippen LogP contribution in [-0.2, 0) is 16.1 Å². The lowest BCUT2D eigenvalue weighted by Gasteiger charge is -2.36. The first-order chi connectivity index (χ1) is 13.6. The summed E-state index contributed by atoms with van der Waals surface area (Å²) < 4.78 is 5.75. The standard InChI is InChI=1S/C22H25N3O3/c1-16-6-2-3-7-17(16)15-24-10-12-25(13-11-24)21(26)14-20-22(27)23-18-8-4-5-9-19(18)28-20/h2-9,20H,10-15H2,1H3,(H,23,27)/t20-/m1/s1. The van der Waals surface area contributed by atoms with E-state index in [1.54, 1.807) is 12.1 Å². The highest BCUT2D eigenvalue weighted by Crippen LogP contribution is 2.29. The number of ether oxygens (including phenoxy) is 1. The van der Waals surface area contributed by atoms with Gasteiger partial charge in [0.2, 0.25) is 5.91 Å². The Morgan fingerprint density at radius 1 is 1.07 bits per heavy atom. The van der Waals surface area contributed by atoms with E-state index >= 15 is 0 Å². The summed E-state index contributed by atoms with van der Waals surface area (Å²) in [4.78, 5) is 29.1. The molecule has 6 heteroatoms. The maximum Gasteiger partial charge on any atom is 0.266 e. The van der Waals surface area contributed by atoms with Crippen LogP contribution in [-0.4, -0.2) is 53.9 Å². The van der Waals surface area contributed by atoms with Gasteiger partial charge in [-0.3, -0.25) is 14.5 Å². The van der Waals surface area contributed by atoms with Gasteiger partial charge in [0, 0.05) is 32.7 Å². The second-order valence-corrected chi connectivity index (χ2v) is 7.38. The van der Waals surface area contributed by atoms with Crippen LogP contribution in [0, 0.1) is 6.92 Å². The summed E-state index contributed by atoms with van der Waals surface area (Å²) in [5.41, 5.74) is 3.27. The van der Waals surface area contributed by atoms with Gasteiger partial charge < -0.3 is 15.0 Å². The van der Waals surface area contributed by atoms with Crippen molar-refractivity contribution in [2.45, 2.75) is 26.0 Å². The van der Waals surface area contributed by atoms with Gasteiger partial charge in [0.1, 0.15) is 5.75 Å². The molecule has 6 nitrogen and oxygen atoms in total. The van der Waals surface area contributed by atoms with Gasteiger partial charge in [-0.15, -0.1) is 0 Å². The molecule has 1 fully saturated rings. The van der Waals surface area contributed by atoms with E-state index in [4.69, 9.17) is 4.74 Å². The lowest BCUT2D eigenvalue weighted by Crippen LogP contribution is -2.50. The van der Waals surface area contributed by atoms with Crippen molar-refractivity contribution in [3.05, 3.63) is 59.7 Å². The summed E-state index contributed by atoms with van der Waals surface area (Å²) in [5, 5.41) is 2.81. The molecule has 4 rings (SSSR count). The number of piperazine rings is 1. The van der Waals surface area contributed by atoms with Crippen molar-refractivity contribution in [1.82, 2.24) is 9.80 Å². The number of carbonyl (C=O) groups is 2. The molecule has 1 saturated heterocycles. The number of benzene rings is 2. The summed E-state index contributed by atoms with van der Waals surface area (Å²) in [7, 11) is 0. The molecule has 2 aromatic carbocycles. The number of amides is 2. The van der Waals surface area contributed by atoms with E-state index < -0.39 is 6.10 Å². The molecule has 0 spiro atoms. The van der Waals surface area contributed by atoms with Crippen molar-refractivity contribution in [2.24, 2.45) is 0 Å². The van der Waals surface area contributed by atoms with Gasteiger partial charge in [-0.2, -0.15) is 0 Å². The van der Waals surface area contributed by atoms with Crippen molar-refractivity contribution >= 4 is 17.5 Å². The zero-order chi connectivity index (χ0) is 19.5. The highest BCUT2D eigenvalue weighted by Gasteiger charge is 2.32. The van der Waals surface area contributed by atoms with E-state index in [0.29, 0.717) is 24.5 Å². The molecule has 0 bridgehead atoms. The number of nitrogens with one attached hydrogen (secondary N) is 1. The predicted molar refractivity (Wildman–Crippen MR) is 107 cm³/mol. The number of anilines is 1. The van der Waals surface area contributed by atoms with Crippen LogP contribution in [0.5, 0.6) is 5.75 Å². The van der Waals surface area contributed by atoms with Crippen molar-refractivity contribution in [1.29, 1.82) is 0 Å². The number of para-hydroxylation sites is 2. The quantitative estimate of drug-likeness (QED) is 0.886. The second kappa shape index (κ2) is 8.02. The molecule has 1 N–H and O–H groups in total. The second-order valence-electron chi connectivity index (χ2n) is 7.38. The number of carbonyl (C=O) groups excluding carboxylic acids is 2. The van der Waals surface area contributed by atoms with E-state index in [2.05, 4.69) is 41.4 Å². The van der Waals surface area contributed by atoms with Crippen LogP contribution < -0.4 is 10.1 Å². The van der Waals surface area contributed by atoms with E-state index in [1.165, 1.54) is 11.1 Å². The average Bonchev–Trinajstić information content (AvgIpc) is 2.71. The Morgan fingerprint density at radius 3 is 2.57 bits per heavy atom. The Labute approximate surface area is 165 Å². The third kappa shape index (κ3) is 4.02. The van der Waals surface area contributed by atoms with Gasteiger partial charge >= 0.3 is 0 Å². The SMILES string of the molecule is Cc1ccccc1CN1CCN(C(=O)C[C@H]2Oc3ccccc3NC2=O)CC1. The largest absolute Gasteiger partial charge is 0.478 e. The molecule has 0 unspecified atom stereocenters. The molecule has 146 valence electrons. The van der Waals surface area contributed by atoms with E-state index in [1.807, 2.05) is 17.0 Å². The first-order valence-electron chi connectivity index (χ1n) is 9.71. The highest BCUT2D eigenvalue weighted by atomic mass is 16.5. The fraction of sp³-hybridized carbons (Fsp3) is 0.364. The number of aryl methyl sites for hydroxylation is 1. The fourth-order valence-corrected chi connectivity index (χ4v) is 3.70. The van der Waals surface area contributed by atoms with E-state index in [-0.39, 0.29) is 18.2 Å². The minimum absolute atomic E-state index is 0.0323. The molecule has 1 atom stereocenters. The van der Waals surface area contributed by atoms with Crippen LogP contribution in [0.3, 0.4) is 0 Å². The summed E-state index contributed by atoms with van der Waals surface area (Å²) in [6, 6.07) is 15.7. The smallest absolute Gasteiger partial charge is 0.266 e. The lowest BCUT2D eigenvalue weighted by molar-refractivity contribution is -0.138. The lowest BCUT2D eigenvalue weighted by atomic mass is 10.1. The molecule has 2 heterocycles. The molecular weight excluding hydrogens is 354 g/mol. The zero-order valence-electron chi connectivity index (χ0n) is 16.1. The molecular formula is C22H25N3O3. The summed E-state index contributed by atoms with van der Waals surface area (Å²) >= 11 is 0. The molecule has 2 aliphatic rings. The normalized spacial score (nSPS) is 19.5. The molecule has 0 radical (unpaired) electrons. The van der Waals surface area contributed by atoms with Crippen LogP contribution in [0.1, 0.15) is 17.5 Å². The zero-order valence-corrected chi connectivity index (χ0v) is 16.1. The van der Waals surface area contributed by atoms with Crippen molar-refractivity contribution in [3.8, 4) is 5.75 Å². The van der Waals surface area contributed by atoms with Crippen LogP contribution in [0.25, 0.3) is 0 Å². The topological polar surface area (TPSA) is 61.9 Å². The Kier molecular flexibility index (Phi) is 5.30. The molecule has 2 aliphatic heterocycles. The number of hydrogen-bond acceptors (Lipinski definition) is 4. The Bertz CT molecular complexity index is 875. The molecule has 0 aromatic heterocycles. The summed E-state index contributed by atoms with van der Waals surface area (Å²) in [5.74, 6) is 0.322. The minimum Gasteiger partial charge on any atom is -0.478 e. The minimum atomic E-state index is -0.771. The Balaban J connectivity index is 1.30. The van der Waals surface area contributed by atoms with Crippen LogP contribution in [0.2, 0.25) is 0 Å². The van der Waals surface area contributed by atoms with Crippen LogP contribution in [0.15, 0.2) is 48.5 Å². The van der Waals surface area contributed by atoms with Gasteiger partial charge in [-0.05, 0) is 30.2 Å². The highest BCUT2D eigenvalue weighted by molar-refractivity contribution is 5.99. The fourth-order valence-electron chi connectivity index (χ4n) is 3.70. The van der Waals surface area contributed by atoms with Crippen molar-refractivity contribution < 1.29 is 14.3 Å². The number of nitrogens with zero attached hydrogens (tertiary/aromatic N) is 2. The van der Waals surface area contributed by atoms with Gasteiger partial charge in [-0.25, -0.2) is 0 Å². The molecule has 2 aromatic rings. The third-order valence-corrected chi connectivity index (χ3v) is 5.45. The molecule has 2 amide bonds. The van der Waals surface area contributed by atoms with Gasteiger partial charge in [0.15, 0.2) is 6.10 Å².